The first-order chi connectivity index (χ1) is 17.8. The molecular weight excluding hydrogens is 470 g/mol. The van der Waals surface area contributed by atoms with Crippen molar-refractivity contribution in [3.8, 4) is 6.07 Å². The molecule has 2 amide bonds. The maximum absolute atomic E-state index is 13.8. The van der Waals surface area contributed by atoms with Gasteiger partial charge in [0.25, 0.3) is 11.5 Å². The maximum atomic E-state index is 13.8. The Bertz CT molecular complexity index is 1550. The number of amides is 2. The Labute approximate surface area is 213 Å². The predicted octanol–water partition coefficient (Wildman–Crippen LogP) is 3.69. The zero-order chi connectivity index (χ0) is 26.5. The predicted molar refractivity (Wildman–Crippen MR) is 138 cm³/mol. The molecule has 2 aromatic heterocycles. The van der Waals surface area contributed by atoms with Gasteiger partial charge in [-0.05, 0) is 37.1 Å². The molecule has 0 aliphatic rings. The lowest BCUT2D eigenvalue weighted by Crippen LogP contribution is -2.40. The number of carbonyl (C=O) groups is 2. The Hall–Kier alpha value is -4.71. The van der Waals surface area contributed by atoms with Crippen molar-refractivity contribution in [3.63, 3.8) is 0 Å². The molecular formula is C28H27N5O4. The lowest BCUT2D eigenvalue weighted by atomic mass is 10.0. The number of nitrogens with two attached hydrogens (primary N) is 1. The summed E-state index contributed by atoms with van der Waals surface area (Å²) in [6.45, 7) is 3.92. The minimum atomic E-state index is -0.594. The summed E-state index contributed by atoms with van der Waals surface area (Å²) in [5.41, 5.74) is 8.08. The average molecular weight is 498 g/mol. The van der Waals surface area contributed by atoms with Crippen LogP contribution in [0.5, 0.6) is 0 Å². The van der Waals surface area contributed by atoms with Gasteiger partial charge in [-0.1, -0.05) is 48.5 Å². The van der Waals surface area contributed by atoms with Crippen LogP contribution in [0.4, 0.5) is 0 Å². The number of rotatable bonds is 9. The Morgan fingerprint density at radius 2 is 1.92 bits per heavy atom. The second-order valence-corrected chi connectivity index (χ2v) is 8.78. The molecule has 1 atom stereocenters. The monoisotopic (exact) mass is 497 g/mol. The van der Waals surface area contributed by atoms with Crippen LogP contribution in [0.1, 0.15) is 58.7 Å². The molecule has 4 rings (SSSR count). The molecule has 0 aliphatic carbocycles. The molecule has 0 saturated heterocycles. The Kier molecular flexibility index (Phi) is 7.49. The molecule has 2 aromatic carbocycles. The second kappa shape index (κ2) is 10.9. The van der Waals surface area contributed by atoms with Crippen LogP contribution in [0.25, 0.3) is 11.0 Å². The molecule has 0 saturated carbocycles. The van der Waals surface area contributed by atoms with Crippen molar-refractivity contribution in [3.05, 3.63) is 99.1 Å². The van der Waals surface area contributed by atoms with Gasteiger partial charge in [-0.3, -0.25) is 14.4 Å². The fourth-order valence-corrected chi connectivity index (χ4v) is 4.52. The van der Waals surface area contributed by atoms with E-state index in [0.717, 1.165) is 5.56 Å². The summed E-state index contributed by atoms with van der Waals surface area (Å²) in [7, 11) is 0. The number of pyridine rings is 1. The van der Waals surface area contributed by atoms with E-state index in [1.807, 2.05) is 43.3 Å². The van der Waals surface area contributed by atoms with Crippen molar-refractivity contribution in [1.29, 1.82) is 5.26 Å². The van der Waals surface area contributed by atoms with Gasteiger partial charge in [-0.25, -0.2) is 0 Å². The maximum Gasteiger partial charge on any atom is 0.264 e. The number of carbonyl (C=O) groups excluding carboxylic acids is 2. The molecule has 0 spiro atoms. The van der Waals surface area contributed by atoms with E-state index >= 15 is 0 Å². The quantitative estimate of drug-likeness (QED) is 0.375. The van der Waals surface area contributed by atoms with Crippen LogP contribution in [-0.2, 0) is 11.3 Å². The van der Waals surface area contributed by atoms with Crippen molar-refractivity contribution in [2.45, 2.75) is 39.3 Å². The van der Waals surface area contributed by atoms with Gasteiger partial charge in [0.05, 0.1) is 29.9 Å². The van der Waals surface area contributed by atoms with E-state index in [4.69, 9.17) is 10.3 Å². The van der Waals surface area contributed by atoms with Crippen LogP contribution >= 0.6 is 0 Å². The van der Waals surface area contributed by atoms with Crippen LogP contribution in [-0.4, -0.2) is 33.0 Å². The van der Waals surface area contributed by atoms with Crippen LogP contribution in [0.2, 0.25) is 0 Å². The van der Waals surface area contributed by atoms with Crippen molar-refractivity contribution in [2.75, 3.05) is 6.54 Å². The third-order valence-electron chi connectivity index (χ3n) is 6.33. The molecule has 2 heterocycles. The first kappa shape index (κ1) is 25.4. The van der Waals surface area contributed by atoms with Gasteiger partial charge in [0, 0.05) is 30.3 Å². The molecule has 37 heavy (non-hydrogen) atoms. The number of benzene rings is 2. The largest absolute Gasteiger partial charge is 0.370 e. The standard InChI is InChI=1S/C28H27N5O4/c1-3-22(32(13-12-25(30)34)27(35)21-11-7-10-20(14-21)16-29)23-15-24-26(18(2)31-37-24)28(36)33(23)17-19-8-5-4-6-9-19/h4-11,14-15,22H,3,12-13,17H2,1-2H3,(H2,30,34). The van der Waals surface area contributed by atoms with E-state index in [1.54, 1.807) is 35.8 Å². The summed E-state index contributed by atoms with van der Waals surface area (Å²) in [6.07, 6.45) is 0.377. The van der Waals surface area contributed by atoms with Gasteiger partial charge in [0.1, 0.15) is 5.39 Å². The summed E-state index contributed by atoms with van der Waals surface area (Å²) < 4.78 is 7.08. The Morgan fingerprint density at radius 3 is 2.59 bits per heavy atom. The normalized spacial score (nSPS) is 11.7. The molecule has 0 aliphatic heterocycles. The average Bonchev–Trinajstić information content (AvgIpc) is 3.28. The number of hydrogen-bond acceptors (Lipinski definition) is 6. The Morgan fingerprint density at radius 1 is 1.16 bits per heavy atom. The molecule has 4 aromatic rings. The highest BCUT2D eigenvalue weighted by atomic mass is 16.5. The van der Waals surface area contributed by atoms with Crippen molar-refractivity contribution in [2.24, 2.45) is 5.73 Å². The summed E-state index contributed by atoms with van der Waals surface area (Å²) in [5, 5.41) is 13.7. The molecule has 188 valence electrons. The van der Waals surface area contributed by atoms with Crippen molar-refractivity contribution in [1.82, 2.24) is 14.6 Å². The number of aromatic nitrogens is 2. The first-order valence-corrected chi connectivity index (χ1v) is 12.0. The molecule has 1 unspecified atom stereocenters. The lowest BCUT2D eigenvalue weighted by Gasteiger charge is -2.33. The van der Waals surface area contributed by atoms with Crippen LogP contribution in [0.3, 0.4) is 0 Å². The number of fused-ring (bicyclic) bond motifs is 1. The number of hydrogen-bond donors (Lipinski definition) is 1. The topological polar surface area (TPSA) is 135 Å². The molecule has 0 bridgehead atoms. The number of aryl methyl sites for hydroxylation is 1. The van der Waals surface area contributed by atoms with E-state index in [1.165, 1.54) is 11.0 Å². The van der Waals surface area contributed by atoms with Gasteiger partial charge in [-0.15, -0.1) is 0 Å². The molecule has 2 N–H and O–H groups in total. The summed E-state index contributed by atoms with van der Waals surface area (Å²) >= 11 is 0. The fraction of sp³-hybridized carbons (Fsp3) is 0.250. The van der Waals surface area contributed by atoms with E-state index in [2.05, 4.69) is 5.16 Å². The van der Waals surface area contributed by atoms with Gasteiger partial charge in [-0.2, -0.15) is 5.26 Å². The van der Waals surface area contributed by atoms with E-state index in [0.29, 0.717) is 39.9 Å². The summed E-state index contributed by atoms with van der Waals surface area (Å²) in [5.74, 6) is -0.931. The fourth-order valence-electron chi connectivity index (χ4n) is 4.52. The highest BCUT2D eigenvalue weighted by Gasteiger charge is 2.29. The van der Waals surface area contributed by atoms with Crippen LogP contribution < -0.4 is 11.3 Å². The van der Waals surface area contributed by atoms with E-state index in [-0.39, 0.29) is 31.0 Å². The van der Waals surface area contributed by atoms with Crippen LogP contribution in [0, 0.1) is 18.3 Å². The first-order valence-electron chi connectivity index (χ1n) is 12.0. The van der Waals surface area contributed by atoms with E-state index in [9.17, 15) is 19.6 Å². The SMILES string of the molecule is CCC(c1cc2onc(C)c2c(=O)n1Cc1ccccc1)N(CCC(N)=O)C(=O)c1cccc(C#N)c1. The van der Waals surface area contributed by atoms with Crippen molar-refractivity contribution < 1.29 is 14.1 Å². The van der Waals surface area contributed by atoms with Gasteiger partial charge in [0.15, 0.2) is 5.58 Å². The minimum Gasteiger partial charge on any atom is -0.370 e. The van der Waals surface area contributed by atoms with Gasteiger partial charge < -0.3 is 19.7 Å². The molecule has 9 nitrogen and oxygen atoms in total. The van der Waals surface area contributed by atoms with Crippen LogP contribution in [0.15, 0.2) is 70.0 Å². The minimum absolute atomic E-state index is 0.0381. The van der Waals surface area contributed by atoms with Gasteiger partial charge >= 0.3 is 0 Å². The lowest BCUT2D eigenvalue weighted by molar-refractivity contribution is -0.118. The number of primary amides is 1. The highest BCUT2D eigenvalue weighted by molar-refractivity contribution is 5.95. The molecule has 9 heteroatoms. The molecule has 0 fully saturated rings. The molecule has 0 radical (unpaired) electrons. The summed E-state index contributed by atoms with van der Waals surface area (Å²) in [6, 6.07) is 19.1. The number of nitriles is 1. The highest BCUT2D eigenvalue weighted by Crippen LogP contribution is 2.29. The van der Waals surface area contributed by atoms with Gasteiger partial charge in [0.2, 0.25) is 5.91 Å². The van der Waals surface area contributed by atoms with E-state index < -0.39 is 11.9 Å². The number of nitrogens with zero attached hydrogens (tertiary/aromatic N) is 4. The van der Waals surface area contributed by atoms with Crippen molar-refractivity contribution >= 4 is 22.8 Å². The second-order valence-electron chi connectivity index (χ2n) is 8.78. The zero-order valence-electron chi connectivity index (χ0n) is 20.7. The summed E-state index contributed by atoms with van der Waals surface area (Å²) in [4.78, 5) is 40.7. The third-order valence-corrected chi connectivity index (χ3v) is 6.33. The third kappa shape index (κ3) is 5.28. The zero-order valence-corrected chi connectivity index (χ0v) is 20.7. The Balaban J connectivity index is 1.89. The smallest absolute Gasteiger partial charge is 0.264 e.